The molecule has 1 aromatic carbocycles. The average Bonchev–Trinajstić information content (AvgIpc) is 2.38. The number of aromatic nitrogens is 2. The second-order valence-corrected chi connectivity index (χ2v) is 3.43. The predicted molar refractivity (Wildman–Crippen MR) is 59.7 cm³/mol. The summed E-state index contributed by atoms with van der Waals surface area (Å²) in [5.74, 6) is -1.54. The Hall–Kier alpha value is -2.50. The van der Waals surface area contributed by atoms with E-state index in [4.69, 9.17) is 9.84 Å². The van der Waals surface area contributed by atoms with E-state index in [1.165, 1.54) is 12.3 Å². The molecule has 0 amide bonds. The first-order valence-electron chi connectivity index (χ1n) is 5.08. The molecule has 0 atom stereocenters. The molecule has 0 aliphatic rings. The molecule has 0 fully saturated rings. The predicted octanol–water partition coefficient (Wildman–Crippen LogP) is 1.89. The molecule has 2 rings (SSSR count). The van der Waals surface area contributed by atoms with Gasteiger partial charge in [0, 0.05) is 5.56 Å². The minimum Gasteiger partial charge on any atom is -0.476 e. The van der Waals surface area contributed by atoms with Gasteiger partial charge in [-0.25, -0.2) is 14.2 Å². The van der Waals surface area contributed by atoms with Gasteiger partial charge in [-0.1, -0.05) is 18.2 Å². The number of carboxylic acid groups (broad SMARTS) is 1. The zero-order valence-electron chi connectivity index (χ0n) is 9.21. The number of carboxylic acids is 1. The fraction of sp³-hybridized carbons (Fsp3) is 0.0833. The standard InChI is InChI=1S/C12H9FN2O3/c13-9-4-2-1-3-8(9)7-18-11-6-14-5-10(15-11)12(16)17/h1-6H,7H2,(H,16,17). The molecule has 92 valence electrons. The Bertz CT molecular complexity index is 575. The molecule has 0 spiro atoms. The summed E-state index contributed by atoms with van der Waals surface area (Å²) in [5.41, 5.74) is 0.140. The molecule has 0 radical (unpaired) electrons. The normalized spacial score (nSPS) is 10.1. The highest BCUT2D eigenvalue weighted by Crippen LogP contribution is 2.11. The van der Waals surface area contributed by atoms with Gasteiger partial charge in [-0.15, -0.1) is 0 Å². The van der Waals surface area contributed by atoms with Gasteiger partial charge in [-0.3, -0.25) is 4.98 Å². The van der Waals surface area contributed by atoms with Gasteiger partial charge in [-0.2, -0.15) is 0 Å². The van der Waals surface area contributed by atoms with Crippen LogP contribution in [0.15, 0.2) is 36.7 Å². The highest BCUT2D eigenvalue weighted by Gasteiger charge is 2.07. The van der Waals surface area contributed by atoms with Gasteiger partial charge >= 0.3 is 5.97 Å². The van der Waals surface area contributed by atoms with Crippen LogP contribution >= 0.6 is 0 Å². The number of carbonyl (C=O) groups is 1. The quantitative estimate of drug-likeness (QED) is 0.894. The van der Waals surface area contributed by atoms with Gasteiger partial charge in [0.05, 0.1) is 12.4 Å². The van der Waals surface area contributed by atoms with Crippen molar-refractivity contribution in [2.24, 2.45) is 0 Å². The molecule has 1 heterocycles. The lowest BCUT2D eigenvalue weighted by molar-refractivity contribution is 0.0688. The maximum absolute atomic E-state index is 13.3. The Morgan fingerprint density at radius 1 is 1.33 bits per heavy atom. The van der Waals surface area contributed by atoms with Crippen LogP contribution in [0.3, 0.4) is 0 Å². The lowest BCUT2D eigenvalue weighted by atomic mass is 10.2. The molecule has 1 aromatic heterocycles. The lowest BCUT2D eigenvalue weighted by Crippen LogP contribution is -2.05. The van der Waals surface area contributed by atoms with E-state index < -0.39 is 5.97 Å². The summed E-state index contributed by atoms with van der Waals surface area (Å²) in [4.78, 5) is 18.1. The molecule has 0 bridgehead atoms. The van der Waals surface area contributed by atoms with Crippen molar-refractivity contribution in [3.8, 4) is 5.88 Å². The molecule has 5 nitrogen and oxygen atoms in total. The minimum absolute atomic E-state index is 0.0373. The zero-order chi connectivity index (χ0) is 13.0. The van der Waals surface area contributed by atoms with Crippen LogP contribution in [-0.4, -0.2) is 21.0 Å². The van der Waals surface area contributed by atoms with E-state index in [-0.39, 0.29) is 24.0 Å². The number of rotatable bonds is 4. The fourth-order valence-corrected chi connectivity index (χ4v) is 1.29. The van der Waals surface area contributed by atoms with Gasteiger partial charge in [0.25, 0.3) is 0 Å². The molecule has 2 aromatic rings. The molecular weight excluding hydrogens is 239 g/mol. The second-order valence-electron chi connectivity index (χ2n) is 3.43. The minimum atomic E-state index is -1.20. The molecule has 0 saturated heterocycles. The number of nitrogens with zero attached hydrogens (tertiary/aromatic N) is 2. The van der Waals surface area contributed by atoms with Gasteiger partial charge in [0.2, 0.25) is 5.88 Å². The maximum Gasteiger partial charge on any atom is 0.356 e. The lowest BCUT2D eigenvalue weighted by Gasteiger charge is -2.06. The van der Waals surface area contributed by atoms with Crippen molar-refractivity contribution in [3.05, 3.63) is 53.7 Å². The highest BCUT2D eigenvalue weighted by atomic mass is 19.1. The highest BCUT2D eigenvalue weighted by molar-refractivity contribution is 5.84. The third-order valence-corrected chi connectivity index (χ3v) is 2.16. The van der Waals surface area contributed by atoms with E-state index >= 15 is 0 Å². The third kappa shape index (κ3) is 2.79. The molecule has 0 unspecified atom stereocenters. The topological polar surface area (TPSA) is 72.3 Å². The summed E-state index contributed by atoms with van der Waals surface area (Å²) in [5, 5.41) is 8.72. The Morgan fingerprint density at radius 2 is 2.11 bits per heavy atom. The monoisotopic (exact) mass is 248 g/mol. The van der Waals surface area contributed by atoms with Crippen molar-refractivity contribution < 1.29 is 19.0 Å². The number of ether oxygens (including phenoxy) is 1. The third-order valence-electron chi connectivity index (χ3n) is 2.16. The van der Waals surface area contributed by atoms with Crippen molar-refractivity contribution in [1.82, 2.24) is 9.97 Å². The zero-order valence-corrected chi connectivity index (χ0v) is 9.21. The number of halogens is 1. The van der Waals surface area contributed by atoms with Gasteiger partial charge in [0.1, 0.15) is 12.4 Å². The molecular formula is C12H9FN2O3. The number of benzene rings is 1. The van der Waals surface area contributed by atoms with Crippen LogP contribution in [0, 0.1) is 5.82 Å². The number of aromatic carboxylic acids is 1. The summed E-state index contributed by atoms with van der Waals surface area (Å²) >= 11 is 0. The van der Waals surface area contributed by atoms with Gasteiger partial charge in [0.15, 0.2) is 5.69 Å². The fourth-order valence-electron chi connectivity index (χ4n) is 1.29. The van der Waals surface area contributed by atoms with E-state index in [0.29, 0.717) is 5.56 Å². The van der Waals surface area contributed by atoms with E-state index in [9.17, 15) is 9.18 Å². The van der Waals surface area contributed by atoms with Crippen molar-refractivity contribution >= 4 is 5.97 Å². The van der Waals surface area contributed by atoms with Crippen LogP contribution in [0.4, 0.5) is 4.39 Å². The van der Waals surface area contributed by atoms with Crippen molar-refractivity contribution in [2.75, 3.05) is 0 Å². The first-order valence-corrected chi connectivity index (χ1v) is 5.08. The maximum atomic E-state index is 13.3. The van der Waals surface area contributed by atoms with Crippen LogP contribution in [0.5, 0.6) is 5.88 Å². The first kappa shape index (κ1) is 12.0. The van der Waals surface area contributed by atoms with E-state index in [1.54, 1.807) is 18.2 Å². The summed E-state index contributed by atoms with van der Waals surface area (Å²) < 4.78 is 18.5. The van der Waals surface area contributed by atoms with Crippen molar-refractivity contribution in [1.29, 1.82) is 0 Å². The summed E-state index contributed by atoms with van der Waals surface area (Å²) in [6, 6.07) is 6.15. The number of hydrogen-bond acceptors (Lipinski definition) is 4. The van der Waals surface area contributed by atoms with Crippen LogP contribution in [0.25, 0.3) is 0 Å². The Balaban J connectivity index is 2.09. The Kier molecular flexibility index (Phi) is 3.47. The molecule has 18 heavy (non-hydrogen) atoms. The van der Waals surface area contributed by atoms with Gasteiger partial charge < -0.3 is 9.84 Å². The Labute approximate surface area is 102 Å². The average molecular weight is 248 g/mol. The van der Waals surface area contributed by atoms with Crippen molar-refractivity contribution in [2.45, 2.75) is 6.61 Å². The van der Waals surface area contributed by atoms with Crippen LogP contribution < -0.4 is 4.74 Å². The summed E-state index contributed by atoms with van der Waals surface area (Å²) in [6.07, 6.45) is 2.38. The first-order chi connectivity index (χ1) is 8.66. The summed E-state index contributed by atoms with van der Waals surface area (Å²) in [6.45, 7) is -0.0373. The number of hydrogen-bond donors (Lipinski definition) is 1. The molecule has 6 heteroatoms. The van der Waals surface area contributed by atoms with Crippen LogP contribution in [0.2, 0.25) is 0 Å². The molecule has 0 saturated carbocycles. The van der Waals surface area contributed by atoms with Gasteiger partial charge in [-0.05, 0) is 6.07 Å². The van der Waals surface area contributed by atoms with E-state index in [2.05, 4.69) is 9.97 Å². The molecule has 0 aliphatic carbocycles. The largest absolute Gasteiger partial charge is 0.476 e. The van der Waals surface area contributed by atoms with Crippen molar-refractivity contribution in [3.63, 3.8) is 0 Å². The molecule has 1 N–H and O–H groups in total. The van der Waals surface area contributed by atoms with E-state index in [0.717, 1.165) is 6.20 Å². The second kappa shape index (κ2) is 5.22. The molecule has 0 aliphatic heterocycles. The summed E-state index contributed by atoms with van der Waals surface area (Å²) in [7, 11) is 0. The SMILES string of the molecule is O=C(O)c1cncc(OCc2ccccc2F)n1. The van der Waals surface area contributed by atoms with E-state index in [1.807, 2.05) is 0 Å². The van der Waals surface area contributed by atoms with Crippen LogP contribution in [0.1, 0.15) is 16.1 Å². The smallest absolute Gasteiger partial charge is 0.356 e. The van der Waals surface area contributed by atoms with Crippen LogP contribution in [-0.2, 0) is 6.61 Å². The Morgan fingerprint density at radius 3 is 2.83 bits per heavy atom.